The topological polar surface area (TPSA) is 71.8 Å². The van der Waals surface area contributed by atoms with Crippen molar-refractivity contribution in [3.05, 3.63) is 48.3 Å². The number of hydrogen-bond donors (Lipinski definition) is 2. The molecule has 1 amide bonds. The molecule has 132 valence electrons. The van der Waals surface area contributed by atoms with Crippen molar-refractivity contribution in [2.24, 2.45) is 0 Å². The standard InChI is InChI=1S/C20H21N5O/c26-18-16-11-14-12-21-19(23-15-7-3-1-4-8-15)24-17(14)25(16)20(13-22-18)9-5-2-6-10-20/h1,3-4,7-8,11-12H,2,5-6,9-10,13H2,(H,22,26)(H,21,23,24). The maximum atomic E-state index is 12.5. The van der Waals surface area contributed by atoms with E-state index in [4.69, 9.17) is 4.98 Å². The van der Waals surface area contributed by atoms with Crippen molar-refractivity contribution in [2.45, 2.75) is 37.6 Å². The lowest BCUT2D eigenvalue weighted by atomic mass is 9.80. The predicted molar refractivity (Wildman–Crippen MR) is 101 cm³/mol. The number of carbonyl (C=O) groups is 1. The van der Waals surface area contributed by atoms with Crippen LogP contribution in [0.15, 0.2) is 42.6 Å². The largest absolute Gasteiger partial charge is 0.348 e. The zero-order valence-corrected chi connectivity index (χ0v) is 14.5. The maximum absolute atomic E-state index is 12.5. The molecule has 3 aromatic rings. The number of nitrogens with one attached hydrogen (secondary N) is 2. The first kappa shape index (κ1) is 15.4. The molecule has 2 aliphatic rings. The Morgan fingerprint density at radius 1 is 1.12 bits per heavy atom. The molecule has 26 heavy (non-hydrogen) atoms. The Labute approximate surface area is 151 Å². The smallest absolute Gasteiger partial charge is 0.268 e. The van der Waals surface area contributed by atoms with Gasteiger partial charge in [0.2, 0.25) is 5.95 Å². The first-order valence-corrected chi connectivity index (χ1v) is 9.24. The normalized spacial score (nSPS) is 18.5. The highest BCUT2D eigenvalue weighted by Gasteiger charge is 2.41. The van der Waals surface area contributed by atoms with Gasteiger partial charge in [0.25, 0.3) is 5.91 Å². The lowest BCUT2D eigenvalue weighted by Crippen LogP contribution is -2.52. The van der Waals surface area contributed by atoms with E-state index in [1.165, 1.54) is 19.3 Å². The van der Waals surface area contributed by atoms with Crippen LogP contribution < -0.4 is 10.6 Å². The van der Waals surface area contributed by atoms with Crippen molar-refractivity contribution in [1.29, 1.82) is 0 Å². The summed E-state index contributed by atoms with van der Waals surface area (Å²) in [5.41, 5.74) is 2.45. The van der Waals surface area contributed by atoms with Crippen LogP contribution in [0.4, 0.5) is 11.6 Å². The minimum absolute atomic E-state index is 0.0169. The van der Waals surface area contributed by atoms with Crippen LogP contribution in [0, 0.1) is 0 Å². The van der Waals surface area contributed by atoms with Gasteiger partial charge in [-0.25, -0.2) is 4.98 Å². The number of rotatable bonds is 2. The predicted octanol–water partition coefficient (Wildman–Crippen LogP) is 3.58. The lowest BCUT2D eigenvalue weighted by Gasteiger charge is -2.42. The van der Waals surface area contributed by atoms with Gasteiger partial charge in [-0.1, -0.05) is 37.5 Å². The Balaban J connectivity index is 1.64. The SMILES string of the molecule is O=C1NCC2(CCCCC2)n2c1cc1cnc(Nc3ccccc3)nc12. The maximum Gasteiger partial charge on any atom is 0.268 e. The van der Waals surface area contributed by atoms with Gasteiger partial charge in [0.1, 0.15) is 11.3 Å². The van der Waals surface area contributed by atoms with Gasteiger partial charge in [0, 0.05) is 23.8 Å². The van der Waals surface area contributed by atoms with E-state index < -0.39 is 0 Å². The summed E-state index contributed by atoms with van der Waals surface area (Å²) < 4.78 is 2.19. The highest BCUT2D eigenvalue weighted by Crippen LogP contribution is 2.40. The molecule has 2 N–H and O–H groups in total. The third-order valence-corrected chi connectivity index (χ3v) is 5.64. The van der Waals surface area contributed by atoms with Gasteiger partial charge in [-0.2, -0.15) is 4.98 Å². The van der Waals surface area contributed by atoms with Gasteiger partial charge in [0.05, 0.1) is 5.54 Å². The van der Waals surface area contributed by atoms with Crippen LogP contribution in [-0.4, -0.2) is 27.0 Å². The molecular weight excluding hydrogens is 326 g/mol. The van der Waals surface area contributed by atoms with E-state index in [2.05, 4.69) is 20.2 Å². The molecule has 1 aromatic carbocycles. The number of aromatic nitrogens is 3. The minimum atomic E-state index is -0.0540. The van der Waals surface area contributed by atoms with E-state index in [0.29, 0.717) is 18.2 Å². The summed E-state index contributed by atoms with van der Waals surface area (Å²) in [5, 5.41) is 7.27. The van der Waals surface area contributed by atoms with Crippen LogP contribution in [0.5, 0.6) is 0 Å². The second kappa shape index (κ2) is 5.83. The van der Waals surface area contributed by atoms with Crippen molar-refractivity contribution in [1.82, 2.24) is 19.9 Å². The summed E-state index contributed by atoms with van der Waals surface area (Å²) in [6.07, 6.45) is 7.61. The van der Waals surface area contributed by atoms with Crippen LogP contribution in [0.3, 0.4) is 0 Å². The van der Waals surface area contributed by atoms with E-state index >= 15 is 0 Å². The van der Waals surface area contributed by atoms with E-state index in [1.54, 1.807) is 0 Å². The van der Waals surface area contributed by atoms with E-state index in [0.717, 1.165) is 29.6 Å². The average molecular weight is 347 g/mol. The zero-order chi connectivity index (χ0) is 17.6. The molecule has 2 aromatic heterocycles. The third kappa shape index (κ3) is 2.36. The quantitative estimate of drug-likeness (QED) is 0.743. The Bertz CT molecular complexity index is 973. The summed E-state index contributed by atoms with van der Waals surface area (Å²) in [4.78, 5) is 21.7. The Morgan fingerprint density at radius 2 is 1.92 bits per heavy atom. The number of fused-ring (bicyclic) bond motifs is 4. The van der Waals surface area contributed by atoms with Crippen molar-refractivity contribution in [3.63, 3.8) is 0 Å². The summed E-state index contributed by atoms with van der Waals surface area (Å²) in [6.45, 7) is 0.689. The number of anilines is 2. The number of amides is 1. The minimum Gasteiger partial charge on any atom is -0.348 e. The number of benzene rings is 1. The molecule has 1 saturated carbocycles. The third-order valence-electron chi connectivity index (χ3n) is 5.64. The summed E-state index contributed by atoms with van der Waals surface area (Å²) in [7, 11) is 0. The molecule has 1 spiro atoms. The van der Waals surface area contributed by atoms with E-state index in [-0.39, 0.29) is 11.4 Å². The van der Waals surface area contributed by atoms with Crippen molar-refractivity contribution < 1.29 is 4.79 Å². The van der Waals surface area contributed by atoms with Gasteiger partial charge in [-0.15, -0.1) is 0 Å². The first-order chi connectivity index (χ1) is 12.8. The number of para-hydroxylation sites is 1. The molecular formula is C20H21N5O. The first-order valence-electron chi connectivity index (χ1n) is 9.24. The van der Waals surface area contributed by atoms with E-state index in [1.807, 2.05) is 42.6 Å². The van der Waals surface area contributed by atoms with E-state index in [9.17, 15) is 4.79 Å². The number of hydrogen-bond acceptors (Lipinski definition) is 4. The second-order valence-corrected chi connectivity index (χ2v) is 7.30. The molecule has 0 saturated heterocycles. The van der Waals surface area contributed by atoms with Gasteiger partial charge in [0.15, 0.2) is 0 Å². The molecule has 3 heterocycles. The molecule has 0 bridgehead atoms. The fraction of sp³-hybridized carbons (Fsp3) is 0.350. The molecule has 1 fully saturated rings. The highest BCUT2D eigenvalue weighted by atomic mass is 16.2. The Kier molecular flexibility index (Phi) is 3.45. The van der Waals surface area contributed by atoms with Crippen molar-refractivity contribution in [3.8, 4) is 0 Å². The van der Waals surface area contributed by atoms with Crippen LogP contribution in [0.1, 0.15) is 42.6 Å². The van der Waals surface area contributed by atoms with Gasteiger partial charge < -0.3 is 15.2 Å². The fourth-order valence-corrected chi connectivity index (χ4v) is 4.37. The summed E-state index contributed by atoms with van der Waals surface area (Å²) >= 11 is 0. The lowest BCUT2D eigenvalue weighted by molar-refractivity contribution is 0.0833. The Morgan fingerprint density at radius 3 is 2.73 bits per heavy atom. The van der Waals surface area contributed by atoms with Crippen LogP contribution >= 0.6 is 0 Å². The number of nitrogens with zero attached hydrogens (tertiary/aromatic N) is 3. The van der Waals surface area contributed by atoms with Gasteiger partial charge >= 0.3 is 0 Å². The zero-order valence-electron chi connectivity index (χ0n) is 14.5. The second-order valence-electron chi connectivity index (χ2n) is 7.30. The Hall–Kier alpha value is -2.89. The average Bonchev–Trinajstić information content (AvgIpc) is 3.07. The molecule has 1 aliphatic heterocycles. The van der Waals surface area contributed by atoms with Crippen LogP contribution in [0.25, 0.3) is 11.0 Å². The summed E-state index contributed by atoms with van der Waals surface area (Å²) in [5.74, 6) is 0.540. The molecule has 0 unspecified atom stereocenters. The monoisotopic (exact) mass is 347 g/mol. The van der Waals surface area contributed by atoms with Crippen LogP contribution in [-0.2, 0) is 5.54 Å². The highest BCUT2D eigenvalue weighted by molar-refractivity contribution is 5.99. The molecule has 6 heteroatoms. The molecule has 0 atom stereocenters. The molecule has 0 radical (unpaired) electrons. The van der Waals surface area contributed by atoms with Crippen molar-refractivity contribution in [2.75, 3.05) is 11.9 Å². The number of carbonyl (C=O) groups excluding carboxylic acids is 1. The molecule has 1 aliphatic carbocycles. The van der Waals surface area contributed by atoms with Crippen molar-refractivity contribution >= 4 is 28.6 Å². The fourth-order valence-electron chi connectivity index (χ4n) is 4.37. The molecule has 6 nitrogen and oxygen atoms in total. The molecule has 5 rings (SSSR count). The van der Waals surface area contributed by atoms with Gasteiger partial charge in [-0.3, -0.25) is 4.79 Å². The van der Waals surface area contributed by atoms with Crippen LogP contribution in [0.2, 0.25) is 0 Å². The van der Waals surface area contributed by atoms with Gasteiger partial charge in [-0.05, 0) is 31.0 Å². The summed E-state index contributed by atoms with van der Waals surface area (Å²) in [6, 6.07) is 11.8.